The molecule has 1 heterocycles. The zero-order valence-corrected chi connectivity index (χ0v) is 16.5. The Morgan fingerprint density at radius 1 is 1.07 bits per heavy atom. The summed E-state index contributed by atoms with van der Waals surface area (Å²) in [7, 11) is -1.94. The number of fused-ring (bicyclic) bond motifs is 1. The van der Waals surface area contributed by atoms with Crippen LogP contribution in [0.2, 0.25) is 0 Å². The van der Waals surface area contributed by atoms with Gasteiger partial charge in [0.1, 0.15) is 11.5 Å². The standard InChI is InChI=1S/C20H24N2O4S/c1-14(2)26-16-4-7-18(8-5-16)27(23,24)22-11-10-15-13-21-20-9-6-17(25-3)12-19(15)20/h4-9,12-14,21-22H,10-11H2,1-3H3. The molecule has 6 nitrogen and oxygen atoms in total. The fourth-order valence-corrected chi connectivity index (χ4v) is 3.90. The average molecular weight is 388 g/mol. The number of hydrogen-bond donors (Lipinski definition) is 2. The summed E-state index contributed by atoms with van der Waals surface area (Å²) in [5.74, 6) is 1.42. The SMILES string of the molecule is COc1ccc2[nH]cc(CCNS(=O)(=O)c3ccc(OC(C)C)cc3)c2c1. The molecule has 0 amide bonds. The number of nitrogens with one attached hydrogen (secondary N) is 2. The van der Waals surface area contributed by atoms with Crippen LogP contribution in [0.15, 0.2) is 53.6 Å². The number of methoxy groups -OCH3 is 1. The molecule has 0 unspecified atom stereocenters. The number of ether oxygens (including phenoxy) is 2. The molecule has 0 atom stereocenters. The summed E-state index contributed by atoms with van der Waals surface area (Å²) < 4.78 is 38.4. The van der Waals surface area contributed by atoms with E-state index >= 15 is 0 Å². The van der Waals surface area contributed by atoms with E-state index < -0.39 is 10.0 Å². The minimum Gasteiger partial charge on any atom is -0.497 e. The second-order valence-corrected chi connectivity index (χ2v) is 8.28. The molecule has 7 heteroatoms. The highest BCUT2D eigenvalue weighted by Crippen LogP contribution is 2.24. The monoisotopic (exact) mass is 388 g/mol. The van der Waals surface area contributed by atoms with Crippen molar-refractivity contribution < 1.29 is 17.9 Å². The molecule has 0 aliphatic carbocycles. The largest absolute Gasteiger partial charge is 0.497 e. The van der Waals surface area contributed by atoms with Gasteiger partial charge in [-0.25, -0.2) is 13.1 Å². The molecule has 3 aromatic rings. The Labute approximate surface area is 159 Å². The van der Waals surface area contributed by atoms with Crippen LogP contribution in [-0.4, -0.2) is 33.2 Å². The molecule has 0 saturated carbocycles. The molecule has 0 bridgehead atoms. The molecule has 0 aliphatic heterocycles. The average Bonchev–Trinajstić information content (AvgIpc) is 3.04. The van der Waals surface area contributed by atoms with Crippen molar-refractivity contribution in [3.63, 3.8) is 0 Å². The first kappa shape index (κ1) is 19.3. The number of benzene rings is 2. The molecule has 0 saturated heterocycles. The summed E-state index contributed by atoms with van der Waals surface area (Å²) in [5.41, 5.74) is 2.03. The molecule has 2 aromatic carbocycles. The van der Waals surface area contributed by atoms with Gasteiger partial charge in [-0.2, -0.15) is 0 Å². The van der Waals surface area contributed by atoms with Gasteiger partial charge in [-0.1, -0.05) is 0 Å². The summed E-state index contributed by atoms with van der Waals surface area (Å²) in [4.78, 5) is 3.42. The molecule has 27 heavy (non-hydrogen) atoms. The smallest absolute Gasteiger partial charge is 0.240 e. The van der Waals surface area contributed by atoms with Crippen LogP contribution in [-0.2, 0) is 16.4 Å². The quantitative estimate of drug-likeness (QED) is 0.619. The third-order valence-corrected chi connectivity index (χ3v) is 5.64. The topological polar surface area (TPSA) is 80.4 Å². The zero-order chi connectivity index (χ0) is 19.4. The predicted molar refractivity (Wildman–Crippen MR) is 106 cm³/mol. The number of hydrogen-bond acceptors (Lipinski definition) is 4. The minimum absolute atomic E-state index is 0.0420. The van der Waals surface area contributed by atoms with Crippen LogP contribution >= 0.6 is 0 Å². The Hall–Kier alpha value is -2.51. The maximum Gasteiger partial charge on any atom is 0.240 e. The number of sulfonamides is 1. The van der Waals surface area contributed by atoms with Crippen molar-refractivity contribution in [2.45, 2.75) is 31.3 Å². The molecule has 144 valence electrons. The lowest BCUT2D eigenvalue weighted by molar-refractivity contribution is 0.242. The first-order chi connectivity index (χ1) is 12.9. The van der Waals surface area contributed by atoms with Gasteiger partial charge in [-0.3, -0.25) is 0 Å². The molecule has 0 spiro atoms. The van der Waals surface area contributed by atoms with E-state index in [2.05, 4.69) is 9.71 Å². The summed E-state index contributed by atoms with van der Waals surface area (Å²) in [6.45, 7) is 4.15. The van der Waals surface area contributed by atoms with Crippen LogP contribution < -0.4 is 14.2 Å². The van der Waals surface area contributed by atoms with E-state index in [4.69, 9.17) is 9.47 Å². The highest BCUT2D eigenvalue weighted by molar-refractivity contribution is 7.89. The van der Waals surface area contributed by atoms with Gasteiger partial charge in [-0.05, 0) is 68.3 Å². The lowest BCUT2D eigenvalue weighted by atomic mass is 10.1. The third-order valence-electron chi connectivity index (χ3n) is 4.17. The van der Waals surface area contributed by atoms with E-state index in [1.165, 1.54) is 0 Å². The van der Waals surface area contributed by atoms with Crippen LogP contribution in [0.5, 0.6) is 11.5 Å². The number of aromatic amines is 1. The van der Waals surface area contributed by atoms with Crippen molar-refractivity contribution in [3.05, 3.63) is 54.2 Å². The van der Waals surface area contributed by atoms with Crippen molar-refractivity contribution in [2.75, 3.05) is 13.7 Å². The lowest BCUT2D eigenvalue weighted by Crippen LogP contribution is -2.25. The summed E-state index contributed by atoms with van der Waals surface area (Å²) in [6, 6.07) is 12.2. The Morgan fingerprint density at radius 3 is 2.44 bits per heavy atom. The maximum atomic E-state index is 12.5. The second kappa shape index (κ2) is 8.02. The predicted octanol–water partition coefficient (Wildman–Crippen LogP) is 3.48. The van der Waals surface area contributed by atoms with E-state index in [9.17, 15) is 8.42 Å². The van der Waals surface area contributed by atoms with E-state index in [1.807, 2.05) is 38.2 Å². The first-order valence-corrected chi connectivity index (χ1v) is 10.3. The van der Waals surface area contributed by atoms with Gasteiger partial charge in [0.15, 0.2) is 0 Å². The lowest BCUT2D eigenvalue weighted by Gasteiger charge is -2.11. The van der Waals surface area contributed by atoms with E-state index in [0.717, 1.165) is 22.2 Å². The molecule has 0 fully saturated rings. The summed E-state index contributed by atoms with van der Waals surface area (Å²) >= 11 is 0. The molecular formula is C20H24N2O4S. The molecule has 2 N–H and O–H groups in total. The Bertz CT molecular complexity index is 1010. The first-order valence-electron chi connectivity index (χ1n) is 8.79. The summed E-state index contributed by atoms with van der Waals surface area (Å²) in [5, 5.41) is 1.03. The van der Waals surface area contributed by atoms with Crippen LogP contribution in [0.4, 0.5) is 0 Å². The van der Waals surface area contributed by atoms with Crippen molar-refractivity contribution in [2.24, 2.45) is 0 Å². The van der Waals surface area contributed by atoms with Gasteiger partial charge in [0.2, 0.25) is 10.0 Å². The van der Waals surface area contributed by atoms with E-state index in [1.54, 1.807) is 31.4 Å². The van der Waals surface area contributed by atoms with E-state index in [-0.39, 0.29) is 11.0 Å². The number of rotatable bonds is 8. The fourth-order valence-electron chi connectivity index (χ4n) is 2.86. The molecule has 0 radical (unpaired) electrons. The van der Waals surface area contributed by atoms with Gasteiger partial charge in [0.25, 0.3) is 0 Å². The normalized spacial score (nSPS) is 11.9. The van der Waals surface area contributed by atoms with Crippen molar-refractivity contribution in [3.8, 4) is 11.5 Å². The van der Waals surface area contributed by atoms with Gasteiger partial charge < -0.3 is 14.5 Å². The second-order valence-electron chi connectivity index (χ2n) is 6.51. The maximum absolute atomic E-state index is 12.5. The van der Waals surface area contributed by atoms with Crippen molar-refractivity contribution >= 4 is 20.9 Å². The fraction of sp³-hybridized carbons (Fsp3) is 0.300. The number of H-pyrrole nitrogens is 1. The highest BCUT2D eigenvalue weighted by Gasteiger charge is 2.14. The Morgan fingerprint density at radius 2 is 1.78 bits per heavy atom. The summed E-state index contributed by atoms with van der Waals surface area (Å²) in [6.07, 6.45) is 2.51. The Balaban J connectivity index is 1.65. The minimum atomic E-state index is -3.57. The molecule has 0 aliphatic rings. The third kappa shape index (κ3) is 4.61. The highest BCUT2D eigenvalue weighted by atomic mass is 32.2. The van der Waals surface area contributed by atoms with E-state index in [0.29, 0.717) is 18.7 Å². The molecule has 3 rings (SSSR count). The molecular weight excluding hydrogens is 364 g/mol. The van der Waals surface area contributed by atoms with Crippen LogP contribution in [0.25, 0.3) is 10.9 Å². The van der Waals surface area contributed by atoms with Gasteiger partial charge in [0.05, 0.1) is 18.1 Å². The number of aromatic nitrogens is 1. The van der Waals surface area contributed by atoms with Gasteiger partial charge >= 0.3 is 0 Å². The molecule has 1 aromatic heterocycles. The van der Waals surface area contributed by atoms with Crippen LogP contribution in [0, 0.1) is 0 Å². The van der Waals surface area contributed by atoms with Gasteiger partial charge in [0, 0.05) is 23.6 Å². The zero-order valence-electron chi connectivity index (χ0n) is 15.7. The van der Waals surface area contributed by atoms with Crippen molar-refractivity contribution in [1.29, 1.82) is 0 Å². The van der Waals surface area contributed by atoms with Crippen LogP contribution in [0.3, 0.4) is 0 Å². The Kier molecular flexibility index (Phi) is 5.72. The van der Waals surface area contributed by atoms with Gasteiger partial charge in [-0.15, -0.1) is 0 Å². The van der Waals surface area contributed by atoms with Crippen molar-refractivity contribution in [1.82, 2.24) is 9.71 Å². The van der Waals surface area contributed by atoms with Crippen LogP contribution in [0.1, 0.15) is 19.4 Å².